The second kappa shape index (κ2) is 11.3. The normalized spacial score (nSPS) is 15.4. The van der Waals surface area contributed by atoms with Gasteiger partial charge in [-0.25, -0.2) is 0 Å². The van der Waals surface area contributed by atoms with Crippen molar-refractivity contribution in [3.05, 3.63) is 102 Å². The molecule has 0 N–H and O–H groups in total. The quantitative estimate of drug-likeness (QED) is 0.563. The van der Waals surface area contributed by atoms with Crippen molar-refractivity contribution in [2.24, 2.45) is 0 Å². The third-order valence-corrected chi connectivity index (χ3v) is 9.26. The van der Waals surface area contributed by atoms with Crippen LogP contribution in [0.1, 0.15) is 50.7 Å². The molecule has 0 radical (unpaired) electrons. The van der Waals surface area contributed by atoms with Crippen LogP contribution in [0.3, 0.4) is 0 Å². The summed E-state index contributed by atoms with van der Waals surface area (Å²) in [5, 5.41) is 0. The standard InChI is InChI=1S/2C13H13.2ClH.Zr/c2*1-2-11-9-6-10-13(11)12-7-4-3-5-8-12;;;/h2*3-5,7-9H,2,6H2,1H3;2*1H;/q;;;;+2/p-2. The number of halogens is 2. The number of hydrogen-bond acceptors (Lipinski definition) is 0. The van der Waals surface area contributed by atoms with E-state index in [4.69, 9.17) is 0 Å². The molecule has 2 aliphatic rings. The largest absolute Gasteiger partial charge is 1.00 e. The van der Waals surface area contributed by atoms with Gasteiger partial charge in [-0.3, -0.25) is 0 Å². The monoisotopic (exact) mass is 498 g/mol. The van der Waals surface area contributed by atoms with E-state index in [1.165, 1.54) is 24.0 Å². The molecule has 4 rings (SSSR count). The summed E-state index contributed by atoms with van der Waals surface area (Å²) in [5.74, 6) is 0. The molecule has 2 aliphatic carbocycles. The Balaban J connectivity index is 0.00000150. The molecule has 0 amide bonds. The van der Waals surface area contributed by atoms with Crippen LogP contribution in [0, 0.1) is 0 Å². The van der Waals surface area contributed by atoms with E-state index in [9.17, 15) is 0 Å². The molecule has 0 heterocycles. The van der Waals surface area contributed by atoms with Crippen LogP contribution in [0.2, 0.25) is 0 Å². The third kappa shape index (κ3) is 5.14. The van der Waals surface area contributed by atoms with Crippen molar-refractivity contribution in [3.8, 4) is 0 Å². The predicted molar refractivity (Wildman–Crippen MR) is 113 cm³/mol. The van der Waals surface area contributed by atoms with E-state index < -0.39 is 23.2 Å². The Morgan fingerprint density at radius 1 is 0.621 bits per heavy atom. The van der Waals surface area contributed by atoms with Crippen LogP contribution in [0.4, 0.5) is 0 Å². The average molecular weight is 501 g/mol. The fraction of sp³-hybridized carbons (Fsp3) is 0.231. The van der Waals surface area contributed by atoms with Gasteiger partial charge in [-0.15, -0.1) is 0 Å². The van der Waals surface area contributed by atoms with Gasteiger partial charge in [0, 0.05) is 0 Å². The second-order valence-electron chi connectivity index (χ2n) is 7.14. The van der Waals surface area contributed by atoms with Crippen molar-refractivity contribution in [1.29, 1.82) is 0 Å². The molecule has 0 bridgehead atoms. The molecular weight excluding hydrogens is 474 g/mol. The maximum absolute atomic E-state index is 2.49. The van der Waals surface area contributed by atoms with E-state index in [0.717, 1.165) is 12.8 Å². The molecule has 0 saturated heterocycles. The first-order valence-electron chi connectivity index (χ1n) is 10.0. The summed E-state index contributed by atoms with van der Waals surface area (Å²) in [6.45, 7) is 4.59. The maximum Gasteiger partial charge on any atom is -1.00 e. The minimum Gasteiger partial charge on any atom is -1.00 e. The Labute approximate surface area is 199 Å². The maximum atomic E-state index is 2.49. The molecule has 29 heavy (non-hydrogen) atoms. The van der Waals surface area contributed by atoms with Crippen molar-refractivity contribution in [2.45, 2.75) is 39.5 Å². The molecule has 2 aromatic rings. The zero-order valence-electron chi connectivity index (χ0n) is 17.0. The van der Waals surface area contributed by atoms with Gasteiger partial charge in [0.25, 0.3) is 0 Å². The summed E-state index contributed by atoms with van der Waals surface area (Å²) < 4.78 is 3.52. The smallest absolute Gasteiger partial charge is 1.00 e. The van der Waals surface area contributed by atoms with E-state index in [-0.39, 0.29) is 24.8 Å². The minimum atomic E-state index is -0.790. The van der Waals surface area contributed by atoms with Crippen LogP contribution in [0.25, 0.3) is 11.1 Å². The molecule has 0 unspecified atom stereocenters. The van der Waals surface area contributed by atoms with Crippen LogP contribution in [-0.4, -0.2) is 0 Å². The van der Waals surface area contributed by atoms with Crippen molar-refractivity contribution in [1.82, 2.24) is 0 Å². The Hall–Kier alpha value is -1.14. The van der Waals surface area contributed by atoms with Crippen LogP contribution in [-0.2, 0) is 23.2 Å². The third-order valence-electron chi connectivity index (χ3n) is 5.54. The summed E-state index contributed by atoms with van der Waals surface area (Å²) >= 11 is -0.790. The van der Waals surface area contributed by atoms with E-state index in [1.54, 1.807) is 28.9 Å². The summed E-state index contributed by atoms with van der Waals surface area (Å²) in [5.41, 5.74) is 9.11. The average Bonchev–Trinajstić information content (AvgIpc) is 3.33. The number of rotatable bonds is 6. The number of hydrogen-bond donors (Lipinski definition) is 0. The zero-order chi connectivity index (χ0) is 18.6. The Bertz CT molecular complexity index is 871. The van der Waals surface area contributed by atoms with Gasteiger partial charge in [0.2, 0.25) is 0 Å². The summed E-state index contributed by atoms with van der Waals surface area (Å²) in [6.07, 6.45) is 9.60. The van der Waals surface area contributed by atoms with Gasteiger partial charge in [0.1, 0.15) is 0 Å². The molecule has 3 heteroatoms. The van der Waals surface area contributed by atoms with Crippen LogP contribution >= 0.6 is 0 Å². The van der Waals surface area contributed by atoms with Gasteiger partial charge in [-0.05, 0) is 0 Å². The molecule has 0 atom stereocenters. The van der Waals surface area contributed by atoms with Gasteiger partial charge < -0.3 is 24.8 Å². The van der Waals surface area contributed by atoms with Gasteiger partial charge in [-0.2, -0.15) is 0 Å². The van der Waals surface area contributed by atoms with Gasteiger partial charge in [0.15, 0.2) is 0 Å². The van der Waals surface area contributed by atoms with Crippen molar-refractivity contribution >= 4 is 11.1 Å². The predicted octanol–water partition coefficient (Wildman–Crippen LogP) is 1.38. The van der Waals surface area contributed by atoms with Crippen LogP contribution in [0.5, 0.6) is 0 Å². The van der Waals surface area contributed by atoms with Gasteiger partial charge in [-0.1, -0.05) is 0 Å². The molecule has 0 spiro atoms. The van der Waals surface area contributed by atoms with Crippen LogP contribution < -0.4 is 24.8 Å². The first-order valence-corrected chi connectivity index (χ1v) is 12.5. The van der Waals surface area contributed by atoms with E-state index >= 15 is 0 Å². The summed E-state index contributed by atoms with van der Waals surface area (Å²) in [4.78, 5) is 0. The molecule has 0 aromatic heterocycles. The van der Waals surface area contributed by atoms with Crippen LogP contribution in [0.15, 0.2) is 90.5 Å². The Morgan fingerprint density at radius 3 is 1.34 bits per heavy atom. The first-order chi connectivity index (χ1) is 13.3. The van der Waals surface area contributed by atoms with Gasteiger partial charge >= 0.3 is 176 Å². The SMILES string of the molecule is CCC1=CC[C]([Zr+2][C]2=C(c3ccccc3)C(CC)=CC2)=C1c1ccccc1.[Cl-].[Cl-]. The van der Waals surface area contributed by atoms with Crippen molar-refractivity contribution < 1.29 is 48.0 Å². The Kier molecular flexibility index (Phi) is 9.41. The zero-order valence-corrected chi connectivity index (χ0v) is 21.0. The minimum absolute atomic E-state index is 0. The van der Waals surface area contributed by atoms with Gasteiger partial charge in [0.05, 0.1) is 0 Å². The fourth-order valence-electron chi connectivity index (χ4n) is 4.23. The van der Waals surface area contributed by atoms with E-state index in [2.05, 4.69) is 86.7 Å². The molecule has 0 saturated carbocycles. The van der Waals surface area contributed by atoms with E-state index in [0.29, 0.717) is 0 Å². The molecule has 148 valence electrons. The first kappa shape index (κ1) is 24.1. The topological polar surface area (TPSA) is 0 Å². The van der Waals surface area contributed by atoms with E-state index in [1.807, 2.05) is 0 Å². The summed E-state index contributed by atoms with van der Waals surface area (Å²) in [6, 6.07) is 22.1. The second-order valence-corrected chi connectivity index (χ2v) is 10.7. The molecule has 0 aliphatic heterocycles. The van der Waals surface area contributed by atoms with Crippen molar-refractivity contribution in [3.63, 3.8) is 0 Å². The number of benzene rings is 2. The molecule has 0 fully saturated rings. The molecule has 0 nitrogen and oxygen atoms in total. The fourth-order valence-corrected chi connectivity index (χ4v) is 8.24. The Morgan fingerprint density at radius 2 is 1.00 bits per heavy atom. The number of allylic oxidation sites excluding steroid dienone is 8. The van der Waals surface area contributed by atoms with Crippen molar-refractivity contribution in [2.75, 3.05) is 0 Å². The summed E-state index contributed by atoms with van der Waals surface area (Å²) in [7, 11) is 0. The molecule has 2 aromatic carbocycles. The molecular formula is C26H26Cl2Zr.